The van der Waals surface area contributed by atoms with E-state index in [1.807, 2.05) is 61.6 Å². The number of hydrogen-bond acceptors (Lipinski definition) is 5. The summed E-state index contributed by atoms with van der Waals surface area (Å²) in [5.41, 5.74) is 16.1. The van der Waals surface area contributed by atoms with Crippen LogP contribution in [0.4, 0.5) is 0 Å². The van der Waals surface area contributed by atoms with Crippen LogP contribution in [0.25, 0.3) is 11.0 Å². The van der Waals surface area contributed by atoms with Crippen molar-refractivity contribution in [1.29, 1.82) is 10.8 Å². The molecule has 0 radical (unpaired) electrons. The topological polar surface area (TPSA) is 151 Å². The molecule has 6 N–H and O–H groups in total. The molecule has 0 spiro atoms. The molecule has 9 nitrogen and oxygen atoms in total. The zero-order chi connectivity index (χ0) is 25.7. The van der Waals surface area contributed by atoms with Crippen molar-refractivity contribution in [3.05, 3.63) is 95.1 Å². The number of imidazole rings is 1. The van der Waals surface area contributed by atoms with Crippen molar-refractivity contribution in [2.24, 2.45) is 18.5 Å². The summed E-state index contributed by atoms with van der Waals surface area (Å²) in [5.74, 6) is 0.885. The number of amidine groups is 2. The SMILES string of the molecule is Cn1c(CCc2ccc(C(=N)N)cc2)nc2cc(C(=O)N(CCC(=N)N)Cc3cccnc3)ccc21. The molecule has 2 heterocycles. The number of hydrogen-bond donors (Lipinski definition) is 4. The third-order valence-electron chi connectivity index (χ3n) is 6.16. The predicted octanol–water partition coefficient (Wildman–Crippen LogP) is 3.01. The average molecular weight is 483 g/mol. The molecule has 0 aliphatic rings. The van der Waals surface area contributed by atoms with Gasteiger partial charge < -0.3 is 20.9 Å². The van der Waals surface area contributed by atoms with Gasteiger partial charge in [0.2, 0.25) is 0 Å². The number of nitrogens with one attached hydrogen (secondary N) is 2. The minimum atomic E-state index is -0.139. The fourth-order valence-electron chi connectivity index (χ4n) is 4.12. The Morgan fingerprint density at radius 1 is 1.00 bits per heavy atom. The van der Waals surface area contributed by atoms with E-state index in [1.54, 1.807) is 17.3 Å². The van der Waals surface area contributed by atoms with Gasteiger partial charge in [0.15, 0.2) is 0 Å². The van der Waals surface area contributed by atoms with Crippen LogP contribution in [0.2, 0.25) is 0 Å². The van der Waals surface area contributed by atoms with E-state index in [0.717, 1.165) is 40.8 Å². The van der Waals surface area contributed by atoms with E-state index in [1.165, 1.54) is 0 Å². The fourth-order valence-corrected chi connectivity index (χ4v) is 4.12. The van der Waals surface area contributed by atoms with Crippen molar-refractivity contribution in [2.45, 2.75) is 25.8 Å². The second-order valence-corrected chi connectivity index (χ2v) is 8.76. The minimum Gasteiger partial charge on any atom is -0.388 e. The molecule has 4 rings (SSSR count). The van der Waals surface area contributed by atoms with Crippen molar-refractivity contribution in [3.8, 4) is 0 Å². The van der Waals surface area contributed by atoms with Gasteiger partial charge in [0.1, 0.15) is 11.7 Å². The molecule has 9 heteroatoms. The Hall–Kier alpha value is -4.53. The Labute approximate surface area is 209 Å². The molecule has 2 aromatic carbocycles. The largest absolute Gasteiger partial charge is 0.388 e. The van der Waals surface area contributed by atoms with Crippen molar-refractivity contribution >= 4 is 28.6 Å². The quantitative estimate of drug-likeness (QED) is 0.202. The lowest BCUT2D eigenvalue weighted by molar-refractivity contribution is 0.0748. The van der Waals surface area contributed by atoms with Gasteiger partial charge in [0, 0.05) is 56.5 Å². The number of amides is 1. The van der Waals surface area contributed by atoms with Gasteiger partial charge in [-0.15, -0.1) is 0 Å². The van der Waals surface area contributed by atoms with Crippen LogP contribution >= 0.6 is 0 Å². The lowest BCUT2D eigenvalue weighted by Gasteiger charge is -2.22. The second-order valence-electron chi connectivity index (χ2n) is 8.76. The summed E-state index contributed by atoms with van der Waals surface area (Å²) >= 11 is 0. The number of benzene rings is 2. The number of aromatic nitrogens is 3. The summed E-state index contributed by atoms with van der Waals surface area (Å²) in [6.45, 7) is 0.727. The third-order valence-corrected chi connectivity index (χ3v) is 6.16. The molecule has 0 saturated heterocycles. The normalized spacial score (nSPS) is 10.9. The fraction of sp³-hybridized carbons (Fsp3) is 0.222. The molecule has 0 unspecified atom stereocenters. The molecule has 0 atom stereocenters. The summed E-state index contributed by atoms with van der Waals surface area (Å²) in [5, 5.41) is 15.1. The van der Waals surface area contributed by atoms with Crippen LogP contribution in [-0.4, -0.2) is 43.6 Å². The smallest absolute Gasteiger partial charge is 0.254 e. The summed E-state index contributed by atoms with van der Waals surface area (Å²) < 4.78 is 2.05. The van der Waals surface area contributed by atoms with Gasteiger partial charge in [0.05, 0.1) is 16.9 Å². The molecule has 36 heavy (non-hydrogen) atoms. The molecule has 1 amide bonds. The number of nitrogens with two attached hydrogens (primary N) is 2. The molecule has 0 aliphatic carbocycles. The molecule has 184 valence electrons. The van der Waals surface area contributed by atoms with Crippen molar-refractivity contribution in [3.63, 3.8) is 0 Å². The standard InChI is InChI=1S/C27H30N8O/c1-34-23-10-9-21(27(36)35(14-12-24(28)29)17-19-3-2-13-32-16-19)15-22(23)33-25(34)11-6-18-4-7-20(8-5-18)26(30)31/h2-5,7-10,13,15-16H,6,11-12,14,17H2,1H3,(H3,28,29)(H3,30,31). The average Bonchev–Trinajstić information content (AvgIpc) is 3.20. The van der Waals surface area contributed by atoms with Crippen LogP contribution in [0.3, 0.4) is 0 Å². The van der Waals surface area contributed by atoms with Crippen LogP contribution in [0.15, 0.2) is 67.0 Å². The highest BCUT2D eigenvalue weighted by Crippen LogP contribution is 2.20. The summed E-state index contributed by atoms with van der Waals surface area (Å²) in [7, 11) is 1.98. The number of fused-ring (bicyclic) bond motifs is 1. The summed E-state index contributed by atoms with van der Waals surface area (Å²) in [6.07, 6.45) is 5.26. The lowest BCUT2D eigenvalue weighted by atomic mass is 10.1. The zero-order valence-electron chi connectivity index (χ0n) is 20.2. The van der Waals surface area contributed by atoms with E-state index in [0.29, 0.717) is 30.6 Å². The number of pyridine rings is 1. The van der Waals surface area contributed by atoms with Crippen molar-refractivity contribution < 1.29 is 4.79 Å². The lowest BCUT2D eigenvalue weighted by Crippen LogP contribution is -2.33. The second kappa shape index (κ2) is 10.8. The predicted molar refractivity (Wildman–Crippen MR) is 141 cm³/mol. The van der Waals surface area contributed by atoms with Crippen molar-refractivity contribution in [1.82, 2.24) is 19.4 Å². The number of nitrogen functional groups attached to an aromatic ring is 1. The number of carbonyl (C=O) groups excluding carboxylic acids is 1. The number of carbonyl (C=O) groups is 1. The van der Waals surface area contributed by atoms with Crippen LogP contribution in [0.5, 0.6) is 0 Å². The molecular weight excluding hydrogens is 452 g/mol. The molecule has 0 bridgehead atoms. The minimum absolute atomic E-state index is 0.0414. The molecule has 2 aromatic heterocycles. The van der Waals surface area contributed by atoms with Gasteiger partial charge in [-0.1, -0.05) is 30.3 Å². The highest BCUT2D eigenvalue weighted by molar-refractivity contribution is 5.97. The Morgan fingerprint density at radius 3 is 2.42 bits per heavy atom. The van der Waals surface area contributed by atoms with Crippen molar-refractivity contribution in [2.75, 3.05) is 6.54 Å². The molecule has 0 aliphatic heterocycles. The number of nitrogens with zero attached hydrogens (tertiary/aromatic N) is 4. The van der Waals surface area contributed by atoms with Gasteiger partial charge in [-0.25, -0.2) is 4.98 Å². The molecule has 0 fully saturated rings. The first-order valence-electron chi connectivity index (χ1n) is 11.7. The van der Waals surface area contributed by atoms with E-state index < -0.39 is 0 Å². The maximum atomic E-state index is 13.4. The van der Waals surface area contributed by atoms with Crippen LogP contribution in [0, 0.1) is 10.8 Å². The van der Waals surface area contributed by atoms with Crippen LogP contribution < -0.4 is 11.5 Å². The van der Waals surface area contributed by atoms with Gasteiger partial charge in [-0.3, -0.25) is 20.6 Å². The van der Waals surface area contributed by atoms with Gasteiger partial charge in [-0.05, 0) is 41.8 Å². The van der Waals surface area contributed by atoms with Gasteiger partial charge >= 0.3 is 0 Å². The van der Waals surface area contributed by atoms with E-state index in [2.05, 4.69) is 9.55 Å². The van der Waals surface area contributed by atoms with E-state index in [-0.39, 0.29) is 17.6 Å². The molecule has 4 aromatic rings. The first-order valence-corrected chi connectivity index (χ1v) is 11.7. The monoisotopic (exact) mass is 482 g/mol. The van der Waals surface area contributed by atoms with Crippen LogP contribution in [-0.2, 0) is 26.4 Å². The Kier molecular flexibility index (Phi) is 7.39. The first kappa shape index (κ1) is 24.6. The summed E-state index contributed by atoms with van der Waals surface area (Å²) in [6, 6.07) is 17.0. The van der Waals surface area contributed by atoms with E-state index in [4.69, 9.17) is 27.3 Å². The first-order chi connectivity index (χ1) is 17.3. The van der Waals surface area contributed by atoms with Gasteiger partial charge in [0.25, 0.3) is 5.91 Å². The Morgan fingerprint density at radius 2 is 1.75 bits per heavy atom. The highest BCUT2D eigenvalue weighted by atomic mass is 16.2. The highest BCUT2D eigenvalue weighted by Gasteiger charge is 2.18. The Balaban J connectivity index is 1.53. The molecular formula is C27H30N8O. The zero-order valence-corrected chi connectivity index (χ0v) is 20.2. The maximum absolute atomic E-state index is 13.4. The van der Waals surface area contributed by atoms with E-state index >= 15 is 0 Å². The Bertz CT molecular complexity index is 1390. The third kappa shape index (κ3) is 5.75. The van der Waals surface area contributed by atoms with Crippen LogP contribution in [0.1, 0.15) is 39.3 Å². The number of rotatable bonds is 10. The van der Waals surface area contributed by atoms with E-state index in [9.17, 15) is 4.79 Å². The number of aryl methyl sites for hydroxylation is 3. The maximum Gasteiger partial charge on any atom is 0.254 e. The molecule has 0 saturated carbocycles. The summed E-state index contributed by atoms with van der Waals surface area (Å²) in [4.78, 5) is 24.1. The van der Waals surface area contributed by atoms with Gasteiger partial charge in [-0.2, -0.15) is 0 Å².